The topological polar surface area (TPSA) is 72.7 Å². The molecular weight excluding hydrogens is 310 g/mol. The van der Waals surface area contributed by atoms with Crippen LogP contribution in [0.25, 0.3) is 5.69 Å². The van der Waals surface area contributed by atoms with E-state index in [9.17, 15) is 4.79 Å². The van der Waals surface area contributed by atoms with Crippen molar-refractivity contribution in [3.63, 3.8) is 0 Å². The predicted molar refractivity (Wildman–Crippen MR) is 88.4 cm³/mol. The van der Waals surface area contributed by atoms with Crippen LogP contribution >= 0.6 is 11.3 Å². The lowest BCUT2D eigenvalue weighted by atomic mass is 10.2. The van der Waals surface area contributed by atoms with Gasteiger partial charge in [-0.3, -0.25) is 9.78 Å². The van der Waals surface area contributed by atoms with E-state index in [4.69, 9.17) is 0 Å². The van der Waals surface area contributed by atoms with E-state index >= 15 is 0 Å². The Morgan fingerprint density at radius 3 is 2.87 bits per heavy atom. The number of hydrogen-bond acceptors (Lipinski definition) is 5. The molecule has 0 saturated heterocycles. The van der Waals surface area contributed by atoms with Crippen molar-refractivity contribution in [3.05, 3.63) is 58.3 Å². The molecule has 118 valence electrons. The number of aryl methyl sites for hydroxylation is 2. The molecule has 3 rings (SSSR count). The molecule has 1 amide bonds. The van der Waals surface area contributed by atoms with Crippen molar-refractivity contribution in [1.82, 2.24) is 25.3 Å². The largest absolute Gasteiger partial charge is 0.350 e. The second-order valence-corrected chi connectivity index (χ2v) is 6.16. The first-order chi connectivity index (χ1) is 11.2. The van der Waals surface area contributed by atoms with Crippen LogP contribution in [0.1, 0.15) is 22.6 Å². The normalized spacial score (nSPS) is 10.7. The Morgan fingerprint density at radius 1 is 1.30 bits per heavy atom. The van der Waals surface area contributed by atoms with E-state index < -0.39 is 0 Å². The first-order valence-electron chi connectivity index (χ1n) is 7.33. The summed E-state index contributed by atoms with van der Waals surface area (Å²) in [5.41, 5.74) is 2.86. The van der Waals surface area contributed by atoms with Crippen molar-refractivity contribution in [3.8, 4) is 5.69 Å². The average Bonchev–Trinajstić information content (AvgIpc) is 3.21. The number of nitrogens with one attached hydrogen (secondary N) is 1. The molecule has 0 fully saturated rings. The number of nitrogens with zero attached hydrogens (tertiary/aromatic N) is 4. The van der Waals surface area contributed by atoms with Gasteiger partial charge < -0.3 is 5.32 Å². The summed E-state index contributed by atoms with van der Waals surface area (Å²) >= 11 is 1.70. The minimum absolute atomic E-state index is 0.0243. The Kier molecular flexibility index (Phi) is 4.77. The summed E-state index contributed by atoms with van der Waals surface area (Å²) in [5, 5.41) is 13.1. The van der Waals surface area contributed by atoms with Crippen LogP contribution in [0, 0.1) is 6.92 Å². The third kappa shape index (κ3) is 4.01. The summed E-state index contributed by atoms with van der Waals surface area (Å²) in [6, 6.07) is 5.77. The van der Waals surface area contributed by atoms with E-state index in [0.29, 0.717) is 13.0 Å². The lowest BCUT2D eigenvalue weighted by Crippen LogP contribution is -2.23. The fourth-order valence-electron chi connectivity index (χ4n) is 2.17. The Morgan fingerprint density at radius 2 is 2.13 bits per heavy atom. The third-order valence-electron chi connectivity index (χ3n) is 3.48. The molecule has 0 aromatic carbocycles. The molecule has 0 bridgehead atoms. The van der Waals surface area contributed by atoms with Crippen molar-refractivity contribution < 1.29 is 4.79 Å². The van der Waals surface area contributed by atoms with Gasteiger partial charge in [0.2, 0.25) is 5.91 Å². The molecule has 23 heavy (non-hydrogen) atoms. The molecule has 7 heteroatoms. The van der Waals surface area contributed by atoms with Gasteiger partial charge in [-0.15, -0.1) is 16.4 Å². The smallest absolute Gasteiger partial charge is 0.220 e. The van der Waals surface area contributed by atoms with Gasteiger partial charge in [0, 0.05) is 23.7 Å². The molecule has 0 aliphatic heterocycles. The Balaban J connectivity index is 1.50. The first kappa shape index (κ1) is 15.4. The first-order valence-corrected chi connectivity index (χ1v) is 8.21. The van der Waals surface area contributed by atoms with Crippen molar-refractivity contribution in [2.24, 2.45) is 0 Å². The van der Waals surface area contributed by atoms with Gasteiger partial charge in [-0.05, 0) is 42.5 Å². The van der Waals surface area contributed by atoms with Crippen LogP contribution in [0.3, 0.4) is 0 Å². The number of hydrogen-bond donors (Lipinski definition) is 1. The van der Waals surface area contributed by atoms with Crippen molar-refractivity contribution in [2.75, 3.05) is 0 Å². The van der Waals surface area contributed by atoms with Gasteiger partial charge in [0.15, 0.2) is 0 Å². The predicted octanol–water partition coefficient (Wildman–Crippen LogP) is 2.28. The number of rotatable bonds is 6. The highest BCUT2D eigenvalue weighted by Crippen LogP contribution is 2.17. The van der Waals surface area contributed by atoms with Gasteiger partial charge in [-0.2, -0.15) is 0 Å². The summed E-state index contributed by atoms with van der Waals surface area (Å²) in [6.45, 7) is 2.45. The summed E-state index contributed by atoms with van der Waals surface area (Å²) in [6.07, 6.45) is 6.47. The second-order valence-electron chi connectivity index (χ2n) is 5.16. The molecular formula is C16H17N5OS. The molecule has 0 spiro atoms. The van der Waals surface area contributed by atoms with Gasteiger partial charge in [-0.25, -0.2) is 4.68 Å². The van der Waals surface area contributed by atoms with Crippen molar-refractivity contribution in [2.45, 2.75) is 26.3 Å². The Bertz CT molecular complexity index is 781. The monoisotopic (exact) mass is 327 g/mol. The highest BCUT2D eigenvalue weighted by atomic mass is 32.1. The van der Waals surface area contributed by atoms with Crippen LogP contribution in [-0.2, 0) is 17.8 Å². The second kappa shape index (κ2) is 7.15. The van der Waals surface area contributed by atoms with E-state index in [1.54, 1.807) is 34.6 Å². The maximum Gasteiger partial charge on any atom is 0.220 e. The van der Waals surface area contributed by atoms with Gasteiger partial charge in [0.1, 0.15) is 5.69 Å². The van der Waals surface area contributed by atoms with Crippen LogP contribution in [0.15, 0.2) is 42.2 Å². The SMILES string of the molecule is Cc1ccsc1CCC(=O)NCc1cn(-c2ccncc2)nn1. The fraction of sp³-hybridized carbons (Fsp3) is 0.250. The average molecular weight is 327 g/mol. The van der Waals surface area contributed by atoms with Crippen LogP contribution in [0.5, 0.6) is 0 Å². The van der Waals surface area contributed by atoms with E-state index in [0.717, 1.165) is 17.8 Å². The third-order valence-corrected chi connectivity index (χ3v) is 4.56. The molecule has 6 nitrogen and oxygen atoms in total. The van der Waals surface area contributed by atoms with Crippen LogP contribution in [0.4, 0.5) is 0 Å². The molecule has 3 aromatic heterocycles. The summed E-state index contributed by atoms with van der Waals surface area (Å²) in [7, 11) is 0. The number of aromatic nitrogens is 4. The van der Waals surface area contributed by atoms with Gasteiger partial charge in [-0.1, -0.05) is 5.21 Å². The summed E-state index contributed by atoms with van der Waals surface area (Å²) < 4.78 is 1.66. The number of carbonyl (C=O) groups excluding carboxylic acids is 1. The summed E-state index contributed by atoms with van der Waals surface area (Å²) in [5.74, 6) is 0.0243. The molecule has 3 aromatic rings. The maximum atomic E-state index is 11.9. The molecule has 0 unspecified atom stereocenters. The quantitative estimate of drug-likeness (QED) is 0.754. The van der Waals surface area contributed by atoms with E-state index in [-0.39, 0.29) is 5.91 Å². The van der Waals surface area contributed by atoms with Gasteiger partial charge in [0.25, 0.3) is 0 Å². The van der Waals surface area contributed by atoms with E-state index in [1.807, 2.05) is 12.1 Å². The van der Waals surface area contributed by atoms with Gasteiger partial charge >= 0.3 is 0 Å². The lowest BCUT2D eigenvalue weighted by Gasteiger charge is -2.03. The minimum Gasteiger partial charge on any atom is -0.350 e. The highest BCUT2D eigenvalue weighted by molar-refractivity contribution is 7.10. The maximum absolute atomic E-state index is 11.9. The molecule has 1 N–H and O–H groups in total. The number of thiophene rings is 1. The number of amides is 1. The Hall–Kier alpha value is -2.54. The van der Waals surface area contributed by atoms with Crippen LogP contribution in [-0.4, -0.2) is 25.9 Å². The molecule has 0 radical (unpaired) electrons. The van der Waals surface area contributed by atoms with E-state index in [1.165, 1.54) is 10.4 Å². The fourth-order valence-corrected chi connectivity index (χ4v) is 3.08. The zero-order valence-electron chi connectivity index (χ0n) is 12.8. The zero-order valence-corrected chi connectivity index (χ0v) is 13.6. The molecule has 3 heterocycles. The molecule has 0 aliphatic carbocycles. The zero-order chi connectivity index (χ0) is 16.1. The van der Waals surface area contributed by atoms with E-state index in [2.05, 4.69) is 39.0 Å². The van der Waals surface area contributed by atoms with Crippen molar-refractivity contribution >= 4 is 17.2 Å². The molecule has 0 saturated carbocycles. The van der Waals surface area contributed by atoms with Crippen LogP contribution in [0.2, 0.25) is 0 Å². The minimum atomic E-state index is 0.0243. The van der Waals surface area contributed by atoms with Gasteiger partial charge in [0.05, 0.1) is 18.4 Å². The van der Waals surface area contributed by atoms with Crippen LogP contribution < -0.4 is 5.32 Å². The standard InChI is InChI=1S/C16H17N5OS/c1-12-6-9-23-15(12)2-3-16(22)18-10-13-11-21(20-19-13)14-4-7-17-8-5-14/h4-9,11H,2-3,10H2,1H3,(H,18,22). The number of carbonyl (C=O) groups is 1. The summed E-state index contributed by atoms with van der Waals surface area (Å²) in [4.78, 5) is 17.2. The Labute approximate surface area is 138 Å². The highest BCUT2D eigenvalue weighted by Gasteiger charge is 2.07. The molecule has 0 atom stereocenters. The molecule has 0 aliphatic rings. The number of pyridine rings is 1. The lowest BCUT2D eigenvalue weighted by molar-refractivity contribution is -0.121. The van der Waals surface area contributed by atoms with Crippen molar-refractivity contribution in [1.29, 1.82) is 0 Å².